The summed E-state index contributed by atoms with van der Waals surface area (Å²) in [5.74, 6) is 4.98. The van der Waals surface area contributed by atoms with Crippen molar-refractivity contribution >= 4 is 23.9 Å². The predicted octanol–water partition coefficient (Wildman–Crippen LogP) is 0.185. The number of guanidine groups is 1. The maximum atomic E-state index is 13.5. The molecule has 0 aromatic rings. The normalized spacial score (nSPS) is 18.4. The van der Waals surface area contributed by atoms with Crippen LogP contribution >= 0.6 is 0 Å². The van der Waals surface area contributed by atoms with Crippen molar-refractivity contribution in [2.24, 2.45) is 22.6 Å². The molecular weight excluding hydrogens is 476 g/mol. The van der Waals surface area contributed by atoms with E-state index in [2.05, 4.69) is 51.5 Å². The van der Waals surface area contributed by atoms with Gasteiger partial charge in [-0.3, -0.25) is 20.8 Å². The summed E-state index contributed by atoms with van der Waals surface area (Å²) < 4.78 is 6.03. The van der Waals surface area contributed by atoms with Crippen LogP contribution in [0.3, 0.4) is 0 Å². The molecule has 1 aliphatic rings. The van der Waals surface area contributed by atoms with E-state index in [4.69, 9.17) is 21.7 Å². The van der Waals surface area contributed by atoms with Crippen LogP contribution < -0.4 is 44.1 Å². The van der Waals surface area contributed by atoms with Gasteiger partial charge in [-0.05, 0) is 57.1 Å². The third-order valence-electron chi connectivity index (χ3n) is 5.44. The Morgan fingerprint density at radius 1 is 1.24 bits per heavy atom. The highest BCUT2D eigenvalue weighted by Gasteiger charge is 2.32. The van der Waals surface area contributed by atoms with E-state index >= 15 is 0 Å². The number of nitrogens with zero attached hydrogens (tertiary/aromatic N) is 1. The summed E-state index contributed by atoms with van der Waals surface area (Å²) in [6.45, 7) is 11.2. The van der Waals surface area contributed by atoms with Crippen molar-refractivity contribution in [2.45, 2.75) is 84.3 Å². The highest BCUT2D eigenvalue weighted by Crippen LogP contribution is 2.28. The van der Waals surface area contributed by atoms with Crippen LogP contribution in [0.2, 0.25) is 0 Å². The number of ether oxygens (including phenoxy) is 1. The number of carbonyl (C=O) groups excluding carboxylic acids is 2. The highest BCUT2D eigenvalue weighted by atomic mass is 16.5. The monoisotopic (exact) mass is 522 g/mol. The number of nitrogens with two attached hydrogens (primary N) is 2. The van der Waals surface area contributed by atoms with Gasteiger partial charge >= 0.3 is 0 Å². The quantitative estimate of drug-likeness (QED) is 0.0393. The molecule has 2 atom stereocenters. The molecule has 0 heterocycles. The number of amides is 1. The first-order chi connectivity index (χ1) is 17.5. The first-order valence-corrected chi connectivity index (χ1v) is 12.7. The van der Waals surface area contributed by atoms with Crippen LogP contribution in [0.1, 0.15) is 66.7 Å². The number of carbonyl (C=O) groups is 2. The molecule has 13 nitrogen and oxygen atoms in total. The van der Waals surface area contributed by atoms with Gasteiger partial charge < -0.3 is 26.4 Å². The van der Waals surface area contributed by atoms with E-state index in [-0.39, 0.29) is 29.6 Å². The standard InChI is InChI=1S/C24H46N10O3/c1-16(2)13-19(20(35)15-29-33-34-32-27)30-22(36)18-14-24(5,31-17(3)4)10-9-21(18)37-12-8-6-7-11-28-23(25)26/h9,14-17,19,31-34H,6-8,10-13,27H2,1-5H3,(H,30,36)(H4,25,26,28)/b29-15+/t19-,24?/m0/s1. The Bertz CT molecular complexity index is 841. The van der Waals surface area contributed by atoms with E-state index in [0.717, 1.165) is 25.5 Å². The van der Waals surface area contributed by atoms with Crippen molar-refractivity contribution in [1.82, 2.24) is 32.6 Å². The number of Topliss-reactive ketones (excluding diaryl/α,β-unsaturated/α-hetero) is 1. The van der Waals surface area contributed by atoms with Crippen molar-refractivity contribution < 1.29 is 14.3 Å². The van der Waals surface area contributed by atoms with Crippen LogP contribution in [0.25, 0.3) is 0 Å². The third-order valence-corrected chi connectivity index (χ3v) is 5.44. The van der Waals surface area contributed by atoms with E-state index in [1.165, 1.54) is 0 Å². The Hall–Kier alpha value is -3.00. The van der Waals surface area contributed by atoms with Gasteiger partial charge in [0.05, 0.1) is 24.4 Å². The second kappa shape index (κ2) is 16.7. The Kier molecular flexibility index (Phi) is 14.4. The predicted molar refractivity (Wildman–Crippen MR) is 146 cm³/mol. The van der Waals surface area contributed by atoms with Crippen molar-refractivity contribution in [3.63, 3.8) is 0 Å². The van der Waals surface area contributed by atoms with E-state index in [1.807, 2.05) is 32.9 Å². The molecule has 0 radical (unpaired) electrons. The van der Waals surface area contributed by atoms with Gasteiger partial charge in [-0.15, -0.1) is 5.53 Å². The molecule has 0 bridgehead atoms. The molecule has 1 aliphatic carbocycles. The number of rotatable bonds is 18. The second-order valence-corrected chi connectivity index (χ2v) is 9.99. The number of hydrazine groups is 3. The fourth-order valence-corrected chi connectivity index (χ4v) is 3.95. The fraction of sp³-hybridized carbons (Fsp3) is 0.667. The molecule has 1 rings (SSSR count). The number of hydrazone groups is 1. The minimum atomic E-state index is -0.758. The minimum absolute atomic E-state index is 0.0384. The van der Waals surface area contributed by atoms with Gasteiger partial charge in [-0.1, -0.05) is 27.7 Å². The second-order valence-electron chi connectivity index (χ2n) is 9.99. The van der Waals surface area contributed by atoms with Crippen molar-refractivity contribution in [3.8, 4) is 0 Å². The highest BCUT2D eigenvalue weighted by molar-refractivity contribution is 6.30. The third kappa shape index (κ3) is 13.2. The van der Waals surface area contributed by atoms with E-state index < -0.39 is 11.6 Å². The fourth-order valence-electron chi connectivity index (χ4n) is 3.95. The molecule has 0 saturated heterocycles. The maximum absolute atomic E-state index is 13.5. The van der Waals surface area contributed by atoms with Crippen LogP contribution in [0, 0.1) is 11.3 Å². The Morgan fingerprint density at radius 3 is 2.59 bits per heavy atom. The lowest BCUT2D eigenvalue weighted by molar-refractivity contribution is -0.123. The molecule has 1 amide bonds. The number of hydrogen-bond acceptors (Lipinski definition) is 10. The van der Waals surface area contributed by atoms with Gasteiger partial charge in [0.2, 0.25) is 0 Å². The maximum Gasteiger partial charge on any atom is 0.255 e. The van der Waals surface area contributed by atoms with Gasteiger partial charge in [0, 0.05) is 18.1 Å². The van der Waals surface area contributed by atoms with Crippen LogP contribution in [0.15, 0.2) is 28.6 Å². The molecule has 210 valence electrons. The molecule has 13 heteroatoms. The van der Waals surface area contributed by atoms with Crippen molar-refractivity contribution in [2.75, 3.05) is 13.2 Å². The molecular formula is C24H46N10O3. The van der Waals surface area contributed by atoms with Crippen LogP contribution in [0.4, 0.5) is 0 Å². The molecule has 0 aromatic carbocycles. The van der Waals surface area contributed by atoms with Crippen molar-refractivity contribution in [1.29, 1.82) is 5.41 Å². The van der Waals surface area contributed by atoms with E-state index in [1.54, 1.807) is 0 Å². The molecule has 37 heavy (non-hydrogen) atoms. The summed E-state index contributed by atoms with van der Waals surface area (Å²) in [6.07, 6.45) is 8.56. The molecule has 0 spiro atoms. The lowest BCUT2D eigenvalue weighted by Crippen LogP contribution is -2.48. The topological polar surface area (TPSA) is 204 Å². The molecule has 0 aromatic heterocycles. The first kappa shape index (κ1) is 32.0. The zero-order valence-corrected chi connectivity index (χ0v) is 22.7. The van der Waals surface area contributed by atoms with Crippen LogP contribution in [0.5, 0.6) is 0 Å². The van der Waals surface area contributed by atoms with Gasteiger partial charge in [-0.2, -0.15) is 10.6 Å². The SMILES string of the molecule is CC(C)C[C@H](NC(=O)C1=CC(C)(NC(C)C)CC=C1OCCCCCNC(=N)N)C(=O)/C=N/NNNN. The number of hydrogen-bond donors (Lipinski definition) is 9. The summed E-state index contributed by atoms with van der Waals surface area (Å²) >= 11 is 0. The van der Waals surface area contributed by atoms with E-state index in [0.29, 0.717) is 37.3 Å². The van der Waals surface area contributed by atoms with Crippen LogP contribution in [-0.4, -0.2) is 54.6 Å². The van der Waals surface area contributed by atoms with E-state index in [9.17, 15) is 9.59 Å². The summed E-state index contributed by atoms with van der Waals surface area (Å²) in [6, 6.07) is -0.549. The first-order valence-electron chi connectivity index (χ1n) is 12.7. The molecule has 11 N–H and O–H groups in total. The summed E-state index contributed by atoms with van der Waals surface area (Å²) in [4.78, 5) is 26.2. The Labute approximate surface area is 220 Å². The molecule has 0 saturated carbocycles. The Morgan fingerprint density at radius 2 is 1.97 bits per heavy atom. The summed E-state index contributed by atoms with van der Waals surface area (Å²) in [5.41, 5.74) is 12.1. The van der Waals surface area contributed by atoms with Crippen molar-refractivity contribution in [3.05, 3.63) is 23.5 Å². The average molecular weight is 523 g/mol. The lowest BCUT2D eigenvalue weighted by Gasteiger charge is -2.34. The zero-order chi connectivity index (χ0) is 27.8. The van der Waals surface area contributed by atoms with Crippen LogP contribution in [-0.2, 0) is 14.3 Å². The summed E-state index contributed by atoms with van der Waals surface area (Å²) in [7, 11) is 0. The number of unbranched alkanes of at least 4 members (excludes halogenated alkanes) is 2. The average Bonchev–Trinajstić information content (AvgIpc) is 2.80. The number of nitrogens with one attached hydrogen (secondary N) is 7. The largest absolute Gasteiger partial charge is 0.493 e. The van der Waals surface area contributed by atoms with Gasteiger partial charge in [0.1, 0.15) is 5.76 Å². The smallest absolute Gasteiger partial charge is 0.255 e. The number of ketones is 1. The lowest BCUT2D eigenvalue weighted by atomic mass is 9.87. The van der Waals surface area contributed by atoms with Gasteiger partial charge in [0.15, 0.2) is 11.7 Å². The van der Waals surface area contributed by atoms with Gasteiger partial charge in [-0.25, -0.2) is 5.53 Å². The zero-order valence-electron chi connectivity index (χ0n) is 22.7. The Balaban J connectivity index is 2.95. The van der Waals surface area contributed by atoms with Gasteiger partial charge in [0.25, 0.3) is 5.91 Å². The summed E-state index contributed by atoms with van der Waals surface area (Å²) in [5, 5.41) is 20.1. The molecule has 0 aliphatic heterocycles. The minimum Gasteiger partial charge on any atom is -0.493 e. The molecule has 0 fully saturated rings. The molecule has 1 unspecified atom stereocenters.